The van der Waals surface area contributed by atoms with Gasteiger partial charge in [-0.05, 0) is 19.8 Å². The summed E-state index contributed by atoms with van der Waals surface area (Å²) in [5.74, 6) is -2.33. The number of aliphatic carboxylic acids is 1. The van der Waals surface area contributed by atoms with E-state index in [9.17, 15) is 24.6 Å². The third-order valence-corrected chi connectivity index (χ3v) is 8.20. The second kappa shape index (κ2) is 9.79. The average molecular weight is 492 g/mol. The van der Waals surface area contributed by atoms with Crippen LogP contribution in [0, 0.1) is 11.8 Å². The monoisotopic (exact) mass is 491 g/mol. The maximum Gasteiger partial charge on any atom is 0.410 e. The third-order valence-electron chi connectivity index (χ3n) is 6.70. The first-order valence-corrected chi connectivity index (χ1v) is 12.2. The van der Waals surface area contributed by atoms with Crippen molar-refractivity contribution in [1.29, 1.82) is 0 Å². The molecule has 4 rings (SSSR count). The molecule has 1 aromatic heterocycles. The van der Waals surface area contributed by atoms with Gasteiger partial charge in [-0.1, -0.05) is 24.8 Å². The molecule has 2 fully saturated rings. The number of carbonyl (C=O) groups is 3. The van der Waals surface area contributed by atoms with Crippen LogP contribution in [0.1, 0.15) is 26.7 Å². The molecule has 3 aliphatic heterocycles. The Hall–Kier alpha value is -2.86. The number of fused-ring (bicyclic) bond motifs is 1. The number of carboxylic acid groups (broad SMARTS) is 1. The van der Waals surface area contributed by atoms with E-state index in [1.165, 1.54) is 22.7 Å². The number of aliphatic hydroxyl groups is 1. The molecule has 12 heteroatoms. The summed E-state index contributed by atoms with van der Waals surface area (Å²) < 4.78 is 6.98. The van der Waals surface area contributed by atoms with E-state index in [1.54, 1.807) is 28.9 Å². The van der Waals surface area contributed by atoms with Gasteiger partial charge >= 0.3 is 12.1 Å². The van der Waals surface area contributed by atoms with Crippen molar-refractivity contribution in [2.24, 2.45) is 11.8 Å². The summed E-state index contributed by atoms with van der Waals surface area (Å²) in [4.78, 5) is 41.0. The lowest BCUT2D eigenvalue weighted by Crippen LogP contribution is -2.63. The highest BCUT2D eigenvalue weighted by Crippen LogP contribution is 2.52. The quantitative estimate of drug-likeness (QED) is 0.387. The summed E-state index contributed by atoms with van der Waals surface area (Å²) in [5, 5.41) is 27.6. The molecule has 4 heterocycles. The second-order valence-electron chi connectivity index (χ2n) is 8.87. The number of ether oxygens (including phenoxy) is 1. The number of hydrogen-bond acceptors (Lipinski definition) is 8. The molecular weight excluding hydrogens is 462 g/mol. The van der Waals surface area contributed by atoms with Crippen LogP contribution < -0.4 is 0 Å². The van der Waals surface area contributed by atoms with E-state index < -0.39 is 24.1 Å². The molecule has 0 spiro atoms. The van der Waals surface area contributed by atoms with Crippen molar-refractivity contribution >= 4 is 29.7 Å². The summed E-state index contributed by atoms with van der Waals surface area (Å²) in [6, 6.07) is -0.479. The van der Waals surface area contributed by atoms with Crippen LogP contribution >= 0.6 is 11.8 Å². The minimum atomic E-state index is -1.16. The Morgan fingerprint density at radius 2 is 2.21 bits per heavy atom. The SMILES string of the molecule is C=CCOC(=O)N1C[C@@H](SC2=C(C(=O)O)N3C(=O)[C@H]([C@@H](C)O)[C@H]3[C@H]2C)C[C@@H]1CCn1ccnn1. The molecule has 11 nitrogen and oxygen atoms in total. The minimum absolute atomic E-state index is 0.00347. The number of carboxylic acids is 1. The normalized spacial score (nSPS) is 29.1. The first-order valence-electron chi connectivity index (χ1n) is 11.3. The number of aliphatic hydroxyl groups excluding tert-OH is 1. The highest BCUT2D eigenvalue weighted by molar-refractivity contribution is 8.03. The molecule has 1 aromatic rings. The van der Waals surface area contributed by atoms with Crippen molar-refractivity contribution in [3.63, 3.8) is 0 Å². The lowest BCUT2D eigenvalue weighted by atomic mass is 9.79. The Bertz CT molecular complexity index is 996. The van der Waals surface area contributed by atoms with Crippen molar-refractivity contribution in [2.75, 3.05) is 13.2 Å². The fourth-order valence-electron chi connectivity index (χ4n) is 5.16. The Kier molecular flexibility index (Phi) is 6.99. The summed E-state index contributed by atoms with van der Waals surface area (Å²) in [6.07, 6.45) is 4.85. The Balaban J connectivity index is 1.52. The number of thioether (sulfide) groups is 1. The van der Waals surface area contributed by atoms with E-state index in [1.807, 2.05) is 6.92 Å². The van der Waals surface area contributed by atoms with Crippen molar-refractivity contribution in [3.8, 4) is 0 Å². The van der Waals surface area contributed by atoms with Crippen LogP contribution in [-0.2, 0) is 20.9 Å². The molecule has 3 aliphatic rings. The molecule has 0 unspecified atom stereocenters. The topological polar surface area (TPSA) is 138 Å². The van der Waals surface area contributed by atoms with Crippen LogP contribution in [0.25, 0.3) is 0 Å². The molecule has 34 heavy (non-hydrogen) atoms. The number of aromatic nitrogens is 3. The number of hydrogen-bond donors (Lipinski definition) is 2. The molecule has 184 valence electrons. The van der Waals surface area contributed by atoms with E-state index in [4.69, 9.17) is 4.74 Å². The zero-order valence-corrected chi connectivity index (χ0v) is 19.9. The molecule has 6 atom stereocenters. The number of nitrogens with zero attached hydrogens (tertiary/aromatic N) is 5. The largest absolute Gasteiger partial charge is 0.477 e. The standard InChI is InChI=1S/C22H29N5O6S/c1-4-9-33-22(32)26-11-15(10-14(26)5-7-25-8-6-23-24-25)34-19-12(2)17-16(13(3)28)20(29)27(17)18(19)21(30)31/h4,6,8,12-17,28H,1,5,7,9-11H2,2-3H3,(H,30,31)/t12-,13-,14+,15+,16-,17-/m1/s1. The minimum Gasteiger partial charge on any atom is -0.477 e. The van der Waals surface area contributed by atoms with Gasteiger partial charge in [0, 0.05) is 41.4 Å². The van der Waals surface area contributed by atoms with Gasteiger partial charge in [-0.3, -0.25) is 9.48 Å². The van der Waals surface area contributed by atoms with E-state index >= 15 is 0 Å². The highest BCUT2D eigenvalue weighted by Gasteiger charge is 2.60. The number of aryl methyl sites for hydroxylation is 1. The van der Waals surface area contributed by atoms with Crippen LogP contribution in [0.3, 0.4) is 0 Å². The lowest BCUT2D eigenvalue weighted by molar-refractivity contribution is -0.163. The summed E-state index contributed by atoms with van der Waals surface area (Å²) >= 11 is 1.41. The van der Waals surface area contributed by atoms with Crippen LogP contribution in [-0.4, -0.2) is 89.6 Å². The van der Waals surface area contributed by atoms with Crippen molar-refractivity contribution in [2.45, 2.75) is 56.7 Å². The zero-order valence-electron chi connectivity index (χ0n) is 19.1. The third kappa shape index (κ3) is 4.31. The van der Waals surface area contributed by atoms with E-state index in [0.717, 1.165) is 0 Å². The smallest absolute Gasteiger partial charge is 0.410 e. The summed E-state index contributed by atoms with van der Waals surface area (Å²) in [5.41, 5.74) is -0.00347. The number of rotatable bonds is 9. The maximum absolute atomic E-state index is 12.7. The van der Waals surface area contributed by atoms with E-state index in [2.05, 4.69) is 16.9 Å². The fraction of sp³-hybridized carbons (Fsp3) is 0.591. The van der Waals surface area contributed by atoms with Crippen molar-refractivity contribution < 1.29 is 29.3 Å². The number of likely N-dealkylation sites (tertiary alicyclic amines) is 1. The van der Waals surface area contributed by atoms with E-state index in [0.29, 0.717) is 30.8 Å². The van der Waals surface area contributed by atoms with Gasteiger partial charge in [-0.15, -0.1) is 16.9 Å². The average Bonchev–Trinajstić information content (AvgIpc) is 3.49. The molecule has 2 amide bonds. The Labute approximate surface area is 201 Å². The van der Waals surface area contributed by atoms with Gasteiger partial charge in [0.2, 0.25) is 5.91 Å². The van der Waals surface area contributed by atoms with Gasteiger partial charge < -0.3 is 24.7 Å². The Morgan fingerprint density at radius 1 is 1.44 bits per heavy atom. The fourth-order valence-corrected chi connectivity index (χ4v) is 6.73. The lowest BCUT2D eigenvalue weighted by Gasteiger charge is -2.46. The van der Waals surface area contributed by atoms with Gasteiger partial charge in [0.05, 0.1) is 24.3 Å². The molecule has 0 aliphatic carbocycles. The van der Waals surface area contributed by atoms with E-state index in [-0.39, 0.29) is 41.5 Å². The highest BCUT2D eigenvalue weighted by atomic mass is 32.2. The molecule has 0 radical (unpaired) electrons. The predicted molar refractivity (Wildman–Crippen MR) is 122 cm³/mol. The summed E-state index contributed by atoms with van der Waals surface area (Å²) in [7, 11) is 0. The first kappa shape index (κ1) is 24.3. The van der Waals surface area contributed by atoms with Gasteiger partial charge in [-0.2, -0.15) is 0 Å². The zero-order chi connectivity index (χ0) is 24.6. The van der Waals surface area contributed by atoms with Crippen molar-refractivity contribution in [1.82, 2.24) is 24.8 Å². The predicted octanol–water partition coefficient (Wildman–Crippen LogP) is 1.32. The molecular formula is C22H29N5O6S. The van der Waals surface area contributed by atoms with Crippen molar-refractivity contribution in [3.05, 3.63) is 35.7 Å². The van der Waals surface area contributed by atoms with Crippen LogP contribution in [0.15, 0.2) is 35.7 Å². The maximum atomic E-state index is 12.7. The molecule has 0 bridgehead atoms. The van der Waals surface area contributed by atoms with Gasteiger partial charge in [0.1, 0.15) is 12.3 Å². The van der Waals surface area contributed by atoms with Crippen LogP contribution in [0.2, 0.25) is 0 Å². The summed E-state index contributed by atoms with van der Waals surface area (Å²) in [6.45, 7) is 8.11. The molecule has 0 saturated carbocycles. The number of carbonyl (C=O) groups excluding carboxylic acids is 2. The molecule has 2 N–H and O–H groups in total. The second-order valence-corrected chi connectivity index (χ2v) is 10.2. The first-order chi connectivity index (χ1) is 16.2. The number of amides is 2. The Morgan fingerprint density at radius 3 is 2.82 bits per heavy atom. The number of β-lactam (4-membered cyclic amide) rings is 1. The van der Waals surface area contributed by atoms with Gasteiger partial charge in [0.25, 0.3) is 0 Å². The molecule has 0 aromatic carbocycles. The van der Waals surface area contributed by atoms with Gasteiger partial charge in [0.15, 0.2) is 0 Å². The van der Waals surface area contributed by atoms with Crippen LogP contribution in [0.4, 0.5) is 4.79 Å². The van der Waals surface area contributed by atoms with Crippen LogP contribution in [0.5, 0.6) is 0 Å². The molecule has 2 saturated heterocycles. The van der Waals surface area contributed by atoms with Gasteiger partial charge in [-0.25, -0.2) is 9.59 Å².